The predicted molar refractivity (Wildman–Crippen MR) is 77.0 cm³/mol. The average Bonchev–Trinajstić information content (AvgIpc) is 2.95. The predicted octanol–water partition coefficient (Wildman–Crippen LogP) is 4.20. The monoisotopic (exact) mass is 320 g/mol. The number of pyridine rings is 1. The number of aryl methyl sites for hydroxylation is 1. The van der Waals surface area contributed by atoms with Gasteiger partial charge >= 0.3 is 12.2 Å². The number of anilines is 2. The van der Waals surface area contributed by atoms with E-state index in [1.807, 2.05) is 0 Å². The smallest absolute Gasteiger partial charge is 0.403 e. The van der Waals surface area contributed by atoms with Crippen molar-refractivity contribution >= 4 is 11.7 Å². The molecule has 3 rings (SSSR count). The molecule has 0 spiro atoms. The minimum absolute atomic E-state index is 0.00239. The van der Waals surface area contributed by atoms with Crippen LogP contribution in [0.25, 0.3) is 11.5 Å². The number of nitrogens with one attached hydrogen (secondary N) is 1. The van der Waals surface area contributed by atoms with Gasteiger partial charge < -0.3 is 9.73 Å². The molecule has 0 bridgehead atoms. The molecule has 0 aliphatic heterocycles. The maximum absolute atomic E-state index is 12.7. The van der Waals surface area contributed by atoms with Crippen molar-refractivity contribution in [3.05, 3.63) is 53.9 Å². The Labute approximate surface area is 129 Å². The van der Waals surface area contributed by atoms with Gasteiger partial charge in [-0.25, -0.2) is 0 Å². The molecule has 0 saturated heterocycles. The first kappa shape index (κ1) is 15.0. The molecule has 0 unspecified atom stereocenters. The van der Waals surface area contributed by atoms with E-state index in [1.54, 1.807) is 25.3 Å². The molecular formula is C15H11F3N4O. The van der Waals surface area contributed by atoms with E-state index >= 15 is 0 Å². The van der Waals surface area contributed by atoms with Crippen LogP contribution in [0.15, 0.2) is 47.0 Å². The summed E-state index contributed by atoms with van der Waals surface area (Å²) in [5.74, 6) is 0.241. The molecule has 2 aromatic heterocycles. The first-order valence-corrected chi connectivity index (χ1v) is 6.63. The summed E-state index contributed by atoms with van der Waals surface area (Å²) in [7, 11) is 0. The van der Waals surface area contributed by atoms with Gasteiger partial charge in [0.25, 0.3) is 5.89 Å². The van der Waals surface area contributed by atoms with Crippen LogP contribution >= 0.6 is 0 Å². The van der Waals surface area contributed by atoms with Gasteiger partial charge in [-0.2, -0.15) is 13.2 Å². The van der Waals surface area contributed by atoms with Gasteiger partial charge in [-0.15, -0.1) is 5.10 Å². The first-order valence-electron chi connectivity index (χ1n) is 6.63. The Kier molecular flexibility index (Phi) is 3.73. The molecule has 5 nitrogen and oxygen atoms in total. The van der Waals surface area contributed by atoms with E-state index in [2.05, 4.69) is 20.5 Å². The Morgan fingerprint density at radius 1 is 1.09 bits per heavy atom. The molecule has 23 heavy (non-hydrogen) atoms. The molecule has 1 N–H and O–H groups in total. The van der Waals surface area contributed by atoms with Crippen molar-refractivity contribution in [2.45, 2.75) is 13.1 Å². The summed E-state index contributed by atoms with van der Waals surface area (Å²) in [5.41, 5.74) is 0.821. The van der Waals surface area contributed by atoms with E-state index in [9.17, 15) is 13.2 Å². The number of aromatic nitrogens is 3. The lowest BCUT2D eigenvalue weighted by Gasteiger charge is -2.08. The molecule has 3 aromatic rings. The van der Waals surface area contributed by atoms with Crippen LogP contribution in [-0.4, -0.2) is 15.2 Å². The number of hydrogen-bond acceptors (Lipinski definition) is 5. The van der Waals surface area contributed by atoms with Crippen LogP contribution in [0.5, 0.6) is 0 Å². The molecule has 2 heterocycles. The summed E-state index contributed by atoms with van der Waals surface area (Å²) >= 11 is 0. The third kappa shape index (κ3) is 3.31. The number of benzene rings is 1. The molecular weight excluding hydrogens is 309 g/mol. The zero-order valence-corrected chi connectivity index (χ0v) is 11.9. The lowest BCUT2D eigenvalue weighted by Crippen LogP contribution is -2.05. The number of alkyl halides is 3. The second kappa shape index (κ2) is 5.71. The quantitative estimate of drug-likeness (QED) is 0.783. The SMILES string of the molecule is Cc1ncccc1-c1nnc(Nc2cccc(C(F)(F)F)c2)o1. The number of hydrogen-bond donors (Lipinski definition) is 1. The Morgan fingerprint density at radius 3 is 2.65 bits per heavy atom. The first-order chi connectivity index (χ1) is 10.9. The van der Waals surface area contributed by atoms with Crippen LogP contribution in [0.4, 0.5) is 24.9 Å². The van der Waals surface area contributed by atoms with Crippen LogP contribution in [-0.2, 0) is 6.18 Å². The zero-order chi connectivity index (χ0) is 16.4. The van der Waals surface area contributed by atoms with Gasteiger partial charge in [0.2, 0.25) is 0 Å². The number of rotatable bonds is 3. The van der Waals surface area contributed by atoms with E-state index in [0.29, 0.717) is 11.3 Å². The van der Waals surface area contributed by atoms with Crippen LogP contribution < -0.4 is 5.32 Å². The molecule has 0 aliphatic carbocycles. The number of halogens is 3. The third-order valence-electron chi connectivity index (χ3n) is 3.10. The van der Waals surface area contributed by atoms with Gasteiger partial charge in [0, 0.05) is 17.6 Å². The van der Waals surface area contributed by atoms with Gasteiger partial charge in [-0.3, -0.25) is 4.98 Å². The summed E-state index contributed by atoms with van der Waals surface area (Å²) < 4.78 is 43.5. The van der Waals surface area contributed by atoms with Gasteiger partial charge in [-0.05, 0) is 37.3 Å². The molecule has 0 radical (unpaired) electrons. The summed E-state index contributed by atoms with van der Waals surface area (Å²) in [6.45, 7) is 1.79. The molecule has 8 heteroatoms. The summed E-state index contributed by atoms with van der Waals surface area (Å²) in [6.07, 6.45) is -2.78. The molecule has 118 valence electrons. The second-order valence-electron chi connectivity index (χ2n) is 4.75. The molecule has 0 atom stereocenters. The fraction of sp³-hybridized carbons (Fsp3) is 0.133. The minimum atomic E-state index is -4.41. The van der Waals surface area contributed by atoms with E-state index in [-0.39, 0.29) is 17.6 Å². The van der Waals surface area contributed by atoms with E-state index in [1.165, 1.54) is 12.1 Å². The van der Waals surface area contributed by atoms with Crippen LogP contribution in [0, 0.1) is 6.92 Å². The highest BCUT2D eigenvalue weighted by Gasteiger charge is 2.30. The largest absolute Gasteiger partial charge is 0.416 e. The molecule has 0 saturated carbocycles. The van der Waals surface area contributed by atoms with E-state index < -0.39 is 11.7 Å². The Balaban J connectivity index is 1.84. The Bertz CT molecular complexity index is 829. The van der Waals surface area contributed by atoms with Crippen molar-refractivity contribution in [3.8, 4) is 11.5 Å². The van der Waals surface area contributed by atoms with Crippen molar-refractivity contribution < 1.29 is 17.6 Å². The van der Waals surface area contributed by atoms with Crippen molar-refractivity contribution in [1.82, 2.24) is 15.2 Å². The lowest BCUT2D eigenvalue weighted by molar-refractivity contribution is -0.137. The minimum Gasteiger partial charge on any atom is -0.403 e. The standard InChI is InChI=1S/C15H11F3N4O/c1-9-12(6-3-7-19-9)13-21-22-14(23-13)20-11-5-2-4-10(8-11)15(16,17)18/h2-8H,1H3,(H,20,22). The fourth-order valence-electron chi connectivity index (χ4n) is 1.99. The van der Waals surface area contributed by atoms with Gasteiger partial charge in [0.15, 0.2) is 0 Å². The highest BCUT2D eigenvalue weighted by molar-refractivity contribution is 5.58. The zero-order valence-electron chi connectivity index (χ0n) is 11.9. The average molecular weight is 320 g/mol. The van der Waals surface area contributed by atoms with Gasteiger partial charge in [0.1, 0.15) is 0 Å². The molecule has 0 aliphatic rings. The Morgan fingerprint density at radius 2 is 1.91 bits per heavy atom. The maximum Gasteiger partial charge on any atom is 0.416 e. The third-order valence-corrected chi connectivity index (χ3v) is 3.10. The fourth-order valence-corrected chi connectivity index (χ4v) is 1.99. The topological polar surface area (TPSA) is 63.8 Å². The Hall–Kier alpha value is -2.90. The highest BCUT2D eigenvalue weighted by atomic mass is 19.4. The highest BCUT2D eigenvalue weighted by Crippen LogP contribution is 2.31. The molecule has 1 aromatic carbocycles. The van der Waals surface area contributed by atoms with Crippen molar-refractivity contribution in [2.24, 2.45) is 0 Å². The van der Waals surface area contributed by atoms with Crippen LogP contribution in [0.1, 0.15) is 11.3 Å². The second-order valence-corrected chi connectivity index (χ2v) is 4.75. The summed E-state index contributed by atoms with van der Waals surface area (Å²) in [6, 6.07) is 8.24. The molecule has 0 fully saturated rings. The molecule has 0 amide bonds. The van der Waals surface area contributed by atoms with E-state index in [0.717, 1.165) is 12.1 Å². The number of nitrogens with zero attached hydrogens (tertiary/aromatic N) is 3. The van der Waals surface area contributed by atoms with E-state index in [4.69, 9.17) is 4.42 Å². The van der Waals surface area contributed by atoms with Crippen molar-refractivity contribution in [1.29, 1.82) is 0 Å². The maximum atomic E-state index is 12.7. The van der Waals surface area contributed by atoms with Crippen LogP contribution in [0.2, 0.25) is 0 Å². The van der Waals surface area contributed by atoms with Crippen molar-refractivity contribution in [3.63, 3.8) is 0 Å². The van der Waals surface area contributed by atoms with Crippen LogP contribution in [0.3, 0.4) is 0 Å². The lowest BCUT2D eigenvalue weighted by atomic mass is 10.2. The normalized spacial score (nSPS) is 11.5. The summed E-state index contributed by atoms with van der Waals surface area (Å²) in [5, 5.41) is 10.3. The van der Waals surface area contributed by atoms with Gasteiger partial charge in [0.05, 0.1) is 11.1 Å². The van der Waals surface area contributed by atoms with Gasteiger partial charge in [-0.1, -0.05) is 11.2 Å². The summed E-state index contributed by atoms with van der Waals surface area (Å²) in [4.78, 5) is 4.11. The van der Waals surface area contributed by atoms with Crippen molar-refractivity contribution in [2.75, 3.05) is 5.32 Å².